The Morgan fingerprint density at radius 3 is 2.79 bits per heavy atom. The summed E-state index contributed by atoms with van der Waals surface area (Å²) in [5.74, 6) is 2.08. The molecule has 1 N–H and O–H groups in total. The lowest BCUT2D eigenvalue weighted by molar-refractivity contribution is 0.192. The van der Waals surface area contributed by atoms with E-state index < -0.39 is 0 Å². The van der Waals surface area contributed by atoms with Crippen LogP contribution in [0.15, 0.2) is 47.1 Å². The molecule has 152 valence electrons. The van der Waals surface area contributed by atoms with Crippen LogP contribution in [0.25, 0.3) is 22.8 Å². The van der Waals surface area contributed by atoms with E-state index in [1.807, 2.05) is 12.1 Å². The molecule has 0 atom stereocenters. The smallest absolute Gasteiger partial charge is 0.259 e. The second kappa shape index (κ2) is 9.13. The third-order valence-corrected chi connectivity index (χ3v) is 5.35. The highest BCUT2D eigenvalue weighted by molar-refractivity contribution is 5.60. The Morgan fingerprint density at radius 1 is 1.17 bits per heavy atom. The molecule has 0 saturated carbocycles. The van der Waals surface area contributed by atoms with Crippen LogP contribution in [0.2, 0.25) is 0 Å². The van der Waals surface area contributed by atoms with Crippen LogP contribution in [0.3, 0.4) is 0 Å². The van der Waals surface area contributed by atoms with Crippen molar-refractivity contribution in [2.24, 2.45) is 5.92 Å². The highest BCUT2D eigenvalue weighted by Crippen LogP contribution is 2.23. The van der Waals surface area contributed by atoms with Crippen LogP contribution < -0.4 is 5.32 Å². The lowest BCUT2D eigenvalue weighted by Crippen LogP contribution is -2.34. The fraction of sp³-hybridized carbons (Fsp3) is 0.409. The first-order valence-corrected chi connectivity index (χ1v) is 10.2. The summed E-state index contributed by atoms with van der Waals surface area (Å²) in [6, 6.07) is 9.92. The van der Waals surface area contributed by atoms with Crippen molar-refractivity contribution in [1.29, 1.82) is 0 Å². The summed E-state index contributed by atoms with van der Waals surface area (Å²) < 4.78 is 18.7. The highest BCUT2D eigenvalue weighted by atomic mass is 19.1. The fourth-order valence-corrected chi connectivity index (χ4v) is 3.52. The van der Waals surface area contributed by atoms with Gasteiger partial charge in [-0.15, -0.1) is 0 Å². The third kappa shape index (κ3) is 5.17. The lowest BCUT2D eigenvalue weighted by Gasteiger charge is -2.30. The van der Waals surface area contributed by atoms with Crippen molar-refractivity contribution < 1.29 is 8.91 Å². The Hall–Kier alpha value is -2.80. The summed E-state index contributed by atoms with van der Waals surface area (Å²) in [6.45, 7) is 6.79. The van der Waals surface area contributed by atoms with Gasteiger partial charge in [-0.1, -0.05) is 24.2 Å². The standard InChI is InChI=1S/C22H26FN5O/c1-16-8-12-28(13-9-16)11-3-10-24-20-7-6-18(15-25-20)22-26-21(27-29-22)17-4-2-5-19(23)14-17/h2,4-7,14-16H,3,8-13H2,1H3,(H,24,25). The molecule has 4 rings (SSSR count). The highest BCUT2D eigenvalue weighted by Gasteiger charge is 2.15. The molecule has 0 amide bonds. The van der Waals surface area contributed by atoms with E-state index in [-0.39, 0.29) is 5.82 Å². The number of halogens is 1. The van der Waals surface area contributed by atoms with Crippen LogP contribution in [0.1, 0.15) is 26.2 Å². The van der Waals surface area contributed by atoms with Gasteiger partial charge >= 0.3 is 0 Å². The molecule has 7 heteroatoms. The minimum Gasteiger partial charge on any atom is -0.370 e. The number of nitrogens with one attached hydrogen (secondary N) is 1. The van der Waals surface area contributed by atoms with Crippen LogP contribution in [0.5, 0.6) is 0 Å². The van der Waals surface area contributed by atoms with Crippen molar-refractivity contribution >= 4 is 5.82 Å². The molecule has 1 aliphatic rings. The molecular formula is C22H26FN5O. The summed E-state index contributed by atoms with van der Waals surface area (Å²) in [6.07, 6.45) is 5.43. The van der Waals surface area contributed by atoms with Crippen molar-refractivity contribution in [2.45, 2.75) is 26.2 Å². The molecule has 3 aromatic rings. The second-order valence-electron chi connectivity index (χ2n) is 7.67. The minimum atomic E-state index is -0.333. The van der Waals surface area contributed by atoms with Crippen molar-refractivity contribution in [2.75, 3.05) is 31.5 Å². The van der Waals surface area contributed by atoms with Gasteiger partial charge in [-0.3, -0.25) is 0 Å². The average molecular weight is 395 g/mol. The quantitative estimate of drug-likeness (QED) is 0.595. The summed E-state index contributed by atoms with van der Waals surface area (Å²) >= 11 is 0. The largest absolute Gasteiger partial charge is 0.370 e. The molecule has 3 heterocycles. The van der Waals surface area contributed by atoms with Gasteiger partial charge in [0.1, 0.15) is 11.6 Å². The summed E-state index contributed by atoms with van der Waals surface area (Å²) in [5.41, 5.74) is 1.31. The van der Waals surface area contributed by atoms with E-state index >= 15 is 0 Å². The average Bonchev–Trinajstić information content (AvgIpc) is 3.23. The predicted octanol–water partition coefficient (Wildman–Crippen LogP) is 4.47. The molecule has 0 bridgehead atoms. The molecule has 1 saturated heterocycles. The lowest BCUT2D eigenvalue weighted by atomic mass is 9.99. The number of nitrogens with zero attached hydrogens (tertiary/aromatic N) is 4. The molecule has 0 aliphatic carbocycles. The van der Waals surface area contributed by atoms with Crippen molar-refractivity contribution in [3.05, 3.63) is 48.4 Å². The predicted molar refractivity (Wildman–Crippen MR) is 111 cm³/mol. The van der Waals surface area contributed by atoms with Crippen LogP contribution in [-0.2, 0) is 0 Å². The van der Waals surface area contributed by atoms with Crippen LogP contribution in [-0.4, -0.2) is 46.2 Å². The van der Waals surface area contributed by atoms with E-state index in [2.05, 4.69) is 32.3 Å². The first-order valence-electron chi connectivity index (χ1n) is 10.2. The zero-order valence-corrected chi connectivity index (χ0v) is 16.6. The maximum absolute atomic E-state index is 13.4. The molecule has 2 aromatic heterocycles. The minimum absolute atomic E-state index is 0.333. The monoisotopic (exact) mass is 395 g/mol. The number of hydrogen-bond acceptors (Lipinski definition) is 6. The molecule has 29 heavy (non-hydrogen) atoms. The van der Waals surface area contributed by atoms with Gasteiger partial charge in [0, 0.05) is 18.3 Å². The Bertz CT molecular complexity index is 919. The van der Waals surface area contributed by atoms with Crippen molar-refractivity contribution in [1.82, 2.24) is 20.0 Å². The number of pyridine rings is 1. The van der Waals surface area contributed by atoms with E-state index in [4.69, 9.17) is 4.52 Å². The number of benzene rings is 1. The first kappa shape index (κ1) is 19.5. The van der Waals surface area contributed by atoms with Crippen LogP contribution in [0, 0.1) is 11.7 Å². The van der Waals surface area contributed by atoms with Gasteiger partial charge < -0.3 is 14.7 Å². The molecule has 6 nitrogen and oxygen atoms in total. The maximum Gasteiger partial charge on any atom is 0.259 e. The first-order chi connectivity index (χ1) is 14.2. The maximum atomic E-state index is 13.4. The zero-order chi connectivity index (χ0) is 20.1. The van der Waals surface area contributed by atoms with Crippen molar-refractivity contribution in [3.63, 3.8) is 0 Å². The number of likely N-dealkylation sites (tertiary alicyclic amines) is 1. The number of anilines is 1. The van der Waals surface area contributed by atoms with Crippen LogP contribution in [0.4, 0.5) is 10.2 Å². The zero-order valence-electron chi connectivity index (χ0n) is 16.6. The van der Waals surface area contributed by atoms with Gasteiger partial charge in [-0.05, 0) is 69.1 Å². The number of aromatic nitrogens is 3. The van der Waals surface area contributed by atoms with E-state index in [1.165, 1.54) is 38.1 Å². The van der Waals surface area contributed by atoms with Gasteiger partial charge in [-0.25, -0.2) is 9.37 Å². The Kier molecular flexibility index (Phi) is 6.14. The van der Waals surface area contributed by atoms with Crippen molar-refractivity contribution in [3.8, 4) is 22.8 Å². The van der Waals surface area contributed by atoms with Gasteiger partial charge in [-0.2, -0.15) is 4.98 Å². The van der Waals surface area contributed by atoms with Gasteiger partial charge in [0.15, 0.2) is 0 Å². The molecule has 1 aliphatic heterocycles. The molecule has 0 spiro atoms. The molecule has 0 radical (unpaired) electrons. The number of hydrogen-bond donors (Lipinski definition) is 1. The second-order valence-corrected chi connectivity index (χ2v) is 7.67. The van der Waals surface area contributed by atoms with Gasteiger partial charge in [0.05, 0.1) is 5.56 Å². The Morgan fingerprint density at radius 2 is 2.03 bits per heavy atom. The summed E-state index contributed by atoms with van der Waals surface area (Å²) in [7, 11) is 0. The topological polar surface area (TPSA) is 67.1 Å². The third-order valence-electron chi connectivity index (χ3n) is 5.35. The molecular weight excluding hydrogens is 369 g/mol. The van der Waals surface area contributed by atoms with E-state index in [9.17, 15) is 4.39 Å². The normalized spacial score (nSPS) is 15.5. The van der Waals surface area contributed by atoms with Gasteiger partial charge in [0.25, 0.3) is 5.89 Å². The Balaban J connectivity index is 1.28. The van der Waals surface area contributed by atoms with E-state index in [1.54, 1.807) is 18.3 Å². The van der Waals surface area contributed by atoms with E-state index in [0.717, 1.165) is 36.8 Å². The van der Waals surface area contributed by atoms with Gasteiger partial charge in [0.2, 0.25) is 5.82 Å². The number of rotatable bonds is 7. The Labute approximate surface area is 170 Å². The number of piperidine rings is 1. The molecule has 0 unspecified atom stereocenters. The van der Waals surface area contributed by atoms with E-state index in [0.29, 0.717) is 17.3 Å². The summed E-state index contributed by atoms with van der Waals surface area (Å²) in [4.78, 5) is 11.3. The molecule has 1 aromatic carbocycles. The SMILES string of the molecule is CC1CCN(CCCNc2ccc(-c3nc(-c4cccc(F)c4)no3)cn2)CC1. The fourth-order valence-electron chi connectivity index (χ4n) is 3.52. The molecule has 1 fully saturated rings. The summed E-state index contributed by atoms with van der Waals surface area (Å²) in [5, 5.41) is 7.30. The van der Waals surface area contributed by atoms with Crippen LogP contribution >= 0.6 is 0 Å².